The number of rotatable bonds is 4. The molecule has 4 N–H and O–H groups in total. The Bertz CT molecular complexity index is 380. The van der Waals surface area contributed by atoms with Crippen molar-refractivity contribution in [1.29, 1.82) is 0 Å². The molecule has 1 amide bonds. The highest BCUT2D eigenvalue weighted by Gasteiger charge is 2.17. The summed E-state index contributed by atoms with van der Waals surface area (Å²) in [5.74, 6) is 1.12. The molecule has 1 saturated carbocycles. The van der Waals surface area contributed by atoms with Gasteiger partial charge in [-0.15, -0.1) is 0 Å². The molecule has 0 bridgehead atoms. The Labute approximate surface area is 108 Å². The third-order valence-corrected chi connectivity index (χ3v) is 3.53. The maximum atomic E-state index is 11.4. The van der Waals surface area contributed by atoms with Crippen molar-refractivity contribution >= 4 is 11.7 Å². The second-order valence-electron chi connectivity index (χ2n) is 4.98. The monoisotopic (exact) mass is 250 g/mol. The smallest absolute Gasteiger partial charge is 0.226 e. The number of nitrogens with zero attached hydrogens (tertiary/aromatic N) is 1. The van der Waals surface area contributed by atoms with Gasteiger partial charge in [-0.25, -0.2) is 0 Å². The summed E-state index contributed by atoms with van der Waals surface area (Å²) in [7, 11) is 0. The lowest BCUT2D eigenvalue weighted by atomic mass is 9.97. The molecule has 0 aliphatic heterocycles. The first-order chi connectivity index (χ1) is 8.79. The highest BCUT2D eigenvalue weighted by molar-refractivity contribution is 5.89. The van der Waals surface area contributed by atoms with Crippen LogP contribution >= 0.6 is 0 Å². The molecule has 0 aromatic carbocycles. The van der Waals surface area contributed by atoms with Crippen LogP contribution in [-0.2, 0) is 4.79 Å². The van der Waals surface area contributed by atoms with E-state index in [1.54, 1.807) is 0 Å². The number of aromatic nitrogens is 2. The minimum Gasteiger partial charge on any atom is -0.330 e. The van der Waals surface area contributed by atoms with Crippen LogP contribution in [0.4, 0.5) is 5.82 Å². The number of hydrogen-bond donors (Lipinski definition) is 3. The average molecular weight is 250 g/mol. The Hall–Kier alpha value is -1.36. The molecule has 0 radical (unpaired) electrons. The van der Waals surface area contributed by atoms with Crippen molar-refractivity contribution in [3.05, 3.63) is 11.8 Å². The van der Waals surface area contributed by atoms with E-state index in [0.29, 0.717) is 24.7 Å². The maximum Gasteiger partial charge on any atom is 0.226 e. The molecule has 5 heteroatoms. The van der Waals surface area contributed by atoms with Crippen molar-refractivity contribution in [2.75, 3.05) is 11.9 Å². The number of carbonyl (C=O) groups is 1. The second-order valence-corrected chi connectivity index (χ2v) is 4.98. The second kappa shape index (κ2) is 6.54. The lowest BCUT2D eigenvalue weighted by Gasteiger charge is -2.10. The van der Waals surface area contributed by atoms with Gasteiger partial charge >= 0.3 is 0 Å². The molecule has 5 nitrogen and oxygen atoms in total. The summed E-state index contributed by atoms with van der Waals surface area (Å²) in [6.45, 7) is 0.367. The standard InChI is InChI=1S/C13H22N4O/c14-8-7-13(18)15-12-9-11(16-17-12)10-5-3-1-2-4-6-10/h9-10H,1-8,14H2,(H2,15,16,17,18). The van der Waals surface area contributed by atoms with Gasteiger partial charge in [0.25, 0.3) is 0 Å². The summed E-state index contributed by atoms with van der Waals surface area (Å²) in [4.78, 5) is 11.4. The number of nitrogens with one attached hydrogen (secondary N) is 2. The van der Waals surface area contributed by atoms with Gasteiger partial charge in [0.2, 0.25) is 5.91 Å². The van der Waals surface area contributed by atoms with Gasteiger partial charge in [-0.3, -0.25) is 9.89 Å². The SMILES string of the molecule is NCCC(=O)Nc1cc(C2CCCCCC2)[nH]n1. The van der Waals surface area contributed by atoms with Gasteiger partial charge in [0.1, 0.15) is 0 Å². The molecule has 0 atom stereocenters. The van der Waals surface area contributed by atoms with Gasteiger partial charge < -0.3 is 11.1 Å². The molecule has 1 aliphatic carbocycles. The van der Waals surface area contributed by atoms with E-state index in [2.05, 4.69) is 15.5 Å². The molecular weight excluding hydrogens is 228 g/mol. The Kier molecular flexibility index (Phi) is 4.75. The number of carbonyl (C=O) groups excluding carboxylic acids is 1. The van der Waals surface area contributed by atoms with Gasteiger partial charge in [0, 0.05) is 30.6 Å². The summed E-state index contributed by atoms with van der Waals surface area (Å²) >= 11 is 0. The Balaban J connectivity index is 1.94. The van der Waals surface area contributed by atoms with Crippen molar-refractivity contribution < 1.29 is 4.79 Å². The van der Waals surface area contributed by atoms with E-state index in [4.69, 9.17) is 5.73 Å². The minimum absolute atomic E-state index is 0.0728. The zero-order chi connectivity index (χ0) is 12.8. The predicted molar refractivity (Wildman–Crippen MR) is 71.3 cm³/mol. The summed E-state index contributed by atoms with van der Waals surface area (Å²) < 4.78 is 0. The summed E-state index contributed by atoms with van der Waals surface area (Å²) in [5, 5.41) is 9.96. The molecule has 1 aromatic heterocycles. The molecule has 2 rings (SSSR count). The Morgan fingerprint density at radius 3 is 2.78 bits per heavy atom. The van der Waals surface area contributed by atoms with E-state index < -0.39 is 0 Å². The fourth-order valence-electron chi connectivity index (χ4n) is 2.54. The zero-order valence-electron chi connectivity index (χ0n) is 10.7. The maximum absolute atomic E-state index is 11.4. The van der Waals surface area contributed by atoms with Crippen molar-refractivity contribution in [1.82, 2.24) is 10.2 Å². The zero-order valence-corrected chi connectivity index (χ0v) is 10.7. The summed E-state index contributed by atoms with van der Waals surface area (Å²) in [5.41, 5.74) is 6.49. The third-order valence-electron chi connectivity index (χ3n) is 3.53. The number of amides is 1. The van der Waals surface area contributed by atoms with Crippen LogP contribution in [-0.4, -0.2) is 22.6 Å². The van der Waals surface area contributed by atoms with Crippen LogP contribution in [0.2, 0.25) is 0 Å². The fraction of sp³-hybridized carbons (Fsp3) is 0.692. The van der Waals surface area contributed by atoms with Crippen LogP contribution < -0.4 is 11.1 Å². The molecule has 100 valence electrons. The van der Waals surface area contributed by atoms with Crippen LogP contribution in [0.3, 0.4) is 0 Å². The molecule has 1 heterocycles. The van der Waals surface area contributed by atoms with Crippen molar-refractivity contribution in [2.24, 2.45) is 5.73 Å². The topological polar surface area (TPSA) is 83.8 Å². The van der Waals surface area contributed by atoms with E-state index in [9.17, 15) is 4.79 Å². The quantitative estimate of drug-likeness (QED) is 0.716. The van der Waals surface area contributed by atoms with Crippen LogP contribution in [0.25, 0.3) is 0 Å². The highest BCUT2D eigenvalue weighted by Crippen LogP contribution is 2.31. The predicted octanol–water partition coefficient (Wildman–Crippen LogP) is 2.13. The van der Waals surface area contributed by atoms with E-state index >= 15 is 0 Å². The van der Waals surface area contributed by atoms with Crippen LogP contribution in [0.5, 0.6) is 0 Å². The van der Waals surface area contributed by atoms with Crippen molar-refractivity contribution in [3.63, 3.8) is 0 Å². The lowest BCUT2D eigenvalue weighted by Crippen LogP contribution is -2.16. The van der Waals surface area contributed by atoms with Crippen LogP contribution in [0, 0.1) is 0 Å². The van der Waals surface area contributed by atoms with E-state index in [0.717, 1.165) is 5.69 Å². The number of anilines is 1. The number of nitrogens with two attached hydrogens (primary N) is 1. The Morgan fingerprint density at radius 2 is 2.11 bits per heavy atom. The van der Waals surface area contributed by atoms with E-state index in [1.165, 1.54) is 38.5 Å². The fourth-order valence-corrected chi connectivity index (χ4v) is 2.54. The molecule has 18 heavy (non-hydrogen) atoms. The van der Waals surface area contributed by atoms with Gasteiger partial charge in [0.05, 0.1) is 0 Å². The van der Waals surface area contributed by atoms with Gasteiger partial charge in [0.15, 0.2) is 5.82 Å². The molecule has 0 spiro atoms. The summed E-state index contributed by atoms with van der Waals surface area (Å²) in [6.07, 6.45) is 8.04. The molecule has 0 saturated heterocycles. The van der Waals surface area contributed by atoms with Crippen LogP contribution in [0.1, 0.15) is 56.6 Å². The summed E-state index contributed by atoms with van der Waals surface area (Å²) in [6, 6.07) is 1.96. The van der Waals surface area contributed by atoms with E-state index in [-0.39, 0.29) is 5.91 Å². The van der Waals surface area contributed by atoms with Crippen molar-refractivity contribution in [3.8, 4) is 0 Å². The number of hydrogen-bond acceptors (Lipinski definition) is 3. The van der Waals surface area contributed by atoms with Crippen molar-refractivity contribution in [2.45, 2.75) is 50.9 Å². The van der Waals surface area contributed by atoms with Gasteiger partial charge in [-0.1, -0.05) is 25.7 Å². The number of H-pyrrole nitrogens is 1. The molecule has 0 unspecified atom stereocenters. The lowest BCUT2D eigenvalue weighted by molar-refractivity contribution is -0.116. The minimum atomic E-state index is -0.0728. The molecule has 1 fully saturated rings. The first kappa shape index (κ1) is 13.1. The Morgan fingerprint density at radius 1 is 1.39 bits per heavy atom. The van der Waals surface area contributed by atoms with Gasteiger partial charge in [-0.05, 0) is 12.8 Å². The average Bonchev–Trinajstić information content (AvgIpc) is 2.64. The highest BCUT2D eigenvalue weighted by atomic mass is 16.1. The van der Waals surface area contributed by atoms with E-state index in [1.807, 2.05) is 6.07 Å². The largest absolute Gasteiger partial charge is 0.330 e. The first-order valence-corrected chi connectivity index (χ1v) is 6.85. The number of aromatic amines is 1. The third kappa shape index (κ3) is 3.57. The first-order valence-electron chi connectivity index (χ1n) is 6.85. The normalized spacial score (nSPS) is 17.4. The molecule has 1 aliphatic rings. The van der Waals surface area contributed by atoms with Crippen LogP contribution in [0.15, 0.2) is 6.07 Å². The molecule has 1 aromatic rings. The van der Waals surface area contributed by atoms with Gasteiger partial charge in [-0.2, -0.15) is 5.10 Å². The molecular formula is C13H22N4O.